The number of thioether (sulfide) groups is 1. The number of para-hydroxylation sites is 2. The van der Waals surface area contributed by atoms with E-state index in [0.717, 1.165) is 12.1 Å². The highest BCUT2D eigenvalue weighted by atomic mass is 32.2. The standard InChI is InChI=1S/C21H21F3N4O3S/c1-28-18(13-19(29)25-15-7-5-6-14(12-15)21(22,23)24)26-27-20(28)32-11-10-31-17-9-4-3-8-16(17)30-2/h3-9,12H,10-11,13H2,1-2H3,(H,25,29). The van der Waals surface area contributed by atoms with Crippen LogP contribution in [0.4, 0.5) is 18.9 Å². The summed E-state index contributed by atoms with van der Waals surface area (Å²) in [5, 5.41) is 11.1. The maximum Gasteiger partial charge on any atom is 0.416 e. The van der Waals surface area contributed by atoms with E-state index in [9.17, 15) is 18.0 Å². The summed E-state index contributed by atoms with van der Waals surface area (Å²) in [7, 11) is 3.29. The van der Waals surface area contributed by atoms with Gasteiger partial charge in [-0.2, -0.15) is 13.2 Å². The molecule has 0 aliphatic carbocycles. The number of hydrogen-bond acceptors (Lipinski definition) is 6. The van der Waals surface area contributed by atoms with Gasteiger partial charge in [0.1, 0.15) is 5.82 Å². The summed E-state index contributed by atoms with van der Waals surface area (Å²) in [5.41, 5.74) is -0.766. The highest BCUT2D eigenvalue weighted by molar-refractivity contribution is 7.99. The van der Waals surface area contributed by atoms with Crippen LogP contribution in [0.15, 0.2) is 53.7 Å². The predicted molar refractivity (Wildman–Crippen MR) is 114 cm³/mol. The number of nitrogens with zero attached hydrogens (tertiary/aromatic N) is 3. The molecule has 1 heterocycles. The first-order valence-electron chi connectivity index (χ1n) is 9.52. The maximum atomic E-state index is 12.8. The number of rotatable bonds is 9. The minimum absolute atomic E-state index is 0.0649. The molecule has 32 heavy (non-hydrogen) atoms. The van der Waals surface area contributed by atoms with Crippen LogP contribution in [-0.4, -0.2) is 40.1 Å². The smallest absolute Gasteiger partial charge is 0.416 e. The molecular weight excluding hydrogens is 445 g/mol. The van der Waals surface area contributed by atoms with E-state index in [1.54, 1.807) is 18.7 Å². The Morgan fingerprint density at radius 2 is 1.88 bits per heavy atom. The number of hydrogen-bond donors (Lipinski definition) is 1. The van der Waals surface area contributed by atoms with Crippen molar-refractivity contribution >= 4 is 23.4 Å². The van der Waals surface area contributed by atoms with Gasteiger partial charge in [-0.05, 0) is 30.3 Å². The molecule has 2 aromatic carbocycles. The number of amides is 1. The third-order valence-corrected chi connectivity index (χ3v) is 5.34. The van der Waals surface area contributed by atoms with Crippen molar-refractivity contribution in [1.29, 1.82) is 0 Å². The molecule has 0 saturated carbocycles. The van der Waals surface area contributed by atoms with Gasteiger partial charge in [0.25, 0.3) is 0 Å². The highest BCUT2D eigenvalue weighted by Gasteiger charge is 2.30. The molecule has 0 bridgehead atoms. The zero-order chi connectivity index (χ0) is 23.1. The second kappa shape index (κ2) is 10.4. The topological polar surface area (TPSA) is 78.3 Å². The summed E-state index contributed by atoms with van der Waals surface area (Å²) in [5.74, 6) is 1.77. The Morgan fingerprint density at radius 3 is 2.59 bits per heavy atom. The summed E-state index contributed by atoms with van der Waals surface area (Å²) >= 11 is 1.40. The lowest BCUT2D eigenvalue weighted by Gasteiger charge is -2.10. The Morgan fingerprint density at radius 1 is 1.12 bits per heavy atom. The molecule has 0 unspecified atom stereocenters. The van der Waals surface area contributed by atoms with E-state index in [0.29, 0.717) is 34.8 Å². The molecule has 0 aliphatic rings. The van der Waals surface area contributed by atoms with Gasteiger partial charge in [0.15, 0.2) is 16.7 Å². The fraction of sp³-hybridized carbons (Fsp3) is 0.286. The van der Waals surface area contributed by atoms with Crippen LogP contribution in [0, 0.1) is 0 Å². The van der Waals surface area contributed by atoms with Crippen molar-refractivity contribution in [1.82, 2.24) is 14.8 Å². The summed E-state index contributed by atoms with van der Waals surface area (Å²) in [6.45, 7) is 0.406. The van der Waals surface area contributed by atoms with Crippen LogP contribution in [0.3, 0.4) is 0 Å². The number of methoxy groups -OCH3 is 1. The van der Waals surface area contributed by atoms with E-state index in [1.165, 1.54) is 23.9 Å². The fourth-order valence-electron chi connectivity index (χ4n) is 2.77. The van der Waals surface area contributed by atoms with Gasteiger partial charge >= 0.3 is 6.18 Å². The Kier molecular flexibility index (Phi) is 7.62. The number of anilines is 1. The van der Waals surface area contributed by atoms with Crippen molar-refractivity contribution in [3.05, 3.63) is 59.9 Å². The molecule has 0 radical (unpaired) electrons. The number of benzene rings is 2. The second-order valence-electron chi connectivity index (χ2n) is 6.61. The van der Waals surface area contributed by atoms with E-state index < -0.39 is 17.6 Å². The first kappa shape index (κ1) is 23.5. The van der Waals surface area contributed by atoms with Crippen LogP contribution in [0.5, 0.6) is 11.5 Å². The summed E-state index contributed by atoms with van der Waals surface area (Å²) in [4.78, 5) is 12.3. The van der Waals surface area contributed by atoms with Gasteiger partial charge < -0.3 is 19.4 Å². The van der Waals surface area contributed by atoms with Gasteiger partial charge in [0, 0.05) is 18.5 Å². The number of aromatic nitrogens is 3. The Hall–Kier alpha value is -3.21. The molecular formula is C21H21F3N4O3S. The van der Waals surface area contributed by atoms with Gasteiger partial charge in [-0.25, -0.2) is 0 Å². The number of alkyl halides is 3. The van der Waals surface area contributed by atoms with Gasteiger partial charge in [-0.1, -0.05) is 30.0 Å². The van der Waals surface area contributed by atoms with Gasteiger partial charge in [-0.3, -0.25) is 4.79 Å². The van der Waals surface area contributed by atoms with Crippen LogP contribution in [-0.2, 0) is 24.4 Å². The Bertz CT molecular complexity index is 1070. The van der Waals surface area contributed by atoms with E-state index in [2.05, 4.69) is 15.5 Å². The van der Waals surface area contributed by atoms with Crippen LogP contribution >= 0.6 is 11.8 Å². The highest BCUT2D eigenvalue weighted by Crippen LogP contribution is 2.30. The van der Waals surface area contributed by atoms with Crippen molar-refractivity contribution in [3.8, 4) is 11.5 Å². The number of halogens is 3. The summed E-state index contributed by atoms with van der Waals surface area (Å²) < 4.78 is 51.1. The number of carbonyl (C=O) groups is 1. The van der Waals surface area contributed by atoms with Crippen LogP contribution < -0.4 is 14.8 Å². The Labute approximate surface area is 186 Å². The summed E-state index contributed by atoms with van der Waals surface area (Å²) in [6.07, 6.45) is -4.61. The number of carbonyl (C=O) groups excluding carboxylic acids is 1. The van der Waals surface area contributed by atoms with Crippen molar-refractivity contribution in [2.45, 2.75) is 17.8 Å². The molecule has 1 aromatic heterocycles. The molecule has 7 nitrogen and oxygen atoms in total. The van der Waals surface area contributed by atoms with Gasteiger partial charge in [0.05, 0.1) is 25.7 Å². The molecule has 11 heteroatoms. The third-order valence-electron chi connectivity index (χ3n) is 4.36. The van der Waals surface area contributed by atoms with Gasteiger partial charge in [0.2, 0.25) is 5.91 Å². The van der Waals surface area contributed by atoms with Crippen molar-refractivity contribution in [3.63, 3.8) is 0 Å². The average molecular weight is 466 g/mol. The second-order valence-corrected chi connectivity index (χ2v) is 7.67. The zero-order valence-corrected chi connectivity index (χ0v) is 18.2. The predicted octanol–water partition coefficient (Wildman–Crippen LogP) is 4.19. The normalized spacial score (nSPS) is 11.3. The lowest BCUT2D eigenvalue weighted by Crippen LogP contribution is -2.17. The first-order valence-corrected chi connectivity index (χ1v) is 10.5. The molecule has 170 valence electrons. The van der Waals surface area contributed by atoms with Crippen LogP contribution in [0.25, 0.3) is 0 Å². The van der Waals surface area contributed by atoms with Crippen molar-refractivity contribution in [2.75, 3.05) is 24.8 Å². The minimum atomic E-state index is -4.48. The lowest BCUT2D eigenvalue weighted by molar-refractivity contribution is -0.137. The quantitative estimate of drug-likeness (QED) is 0.376. The van der Waals surface area contributed by atoms with Crippen molar-refractivity contribution in [2.24, 2.45) is 7.05 Å². The number of nitrogens with one attached hydrogen (secondary N) is 1. The lowest BCUT2D eigenvalue weighted by atomic mass is 10.2. The third kappa shape index (κ3) is 6.16. The monoisotopic (exact) mass is 466 g/mol. The van der Waals surface area contributed by atoms with Gasteiger partial charge in [-0.15, -0.1) is 10.2 Å². The van der Waals surface area contributed by atoms with E-state index in [4.69, 9.17) is 9.47 Å². The molecule has 0 fully saturated rings. The zero-order valence-electron chi connectivity index (χ0n) is 17.3. The molecule has 3 aromatic rings. The molecule has 3 rings (SSSR count). The molecule has 0 aliphatic heterocycles. The van der Waals surface area contributed by atoms with Crippen LogP contribution in [0.1, 0.15) is 11.4 Å². The van der Waals surface area contributed by atoms with Crippen LogP contribution in [0.2, 0.25) is 0 Å². The summed E-state index contributed by atoms with van der Waals surface area (Å²) in [6, 6.07) is 11.8. The molecule has 1 N–H and O–H groups in total. The molecule has 0 atom stereocenters. The first-order chi connectivity index (χ1) is 15.3. The largest absolute Gasteiger partial charge is 0.493 e. The van der Waals surface area contributed by atoms with E-state index >= 15 is 0 Å². The van der Waals surface area contributed by atoms with Crippen molar-refractivity contribution < 1.29 is 27.4 Å². The fourth-order valence-corrected chi connectivity index (χ4v) is 3.52. The molecule has 0 saturated heterocycles. The van der Waals surface area contributed by atoms with E-state index in [-0.39, 0.29) is 12.1 Å². The maximum absolute atomic E-state index is 12.8. The minimum Gasteiger partial charge on any atom is -0.493 e. The molecule has 0 spiro atoms. The molecule has 1 amide bonds. The van der Waals surface area contributed by atoms with E-state index in [1.807, 2.05) is 24.3 Å². The SMILES string of the molecule is COc1ccccc1OCCSc1nnc(CC(=O)Nc2cccc(C(F)(F)F)c2)n1C. The number of ether oxygens (including phenoxy) is 2. The Balaban J connectivity index is 1.51. The average Bonchev–Trinajstić information content (AvgIpc) is 3.10.